The van der Waals surface area contributed by atoms with E-state index in [9.17, 15) is 9.59 Å². The van der Waals surface area contributed by atoms with Crippen molar-refractivity contribution in [3.63, 3.8) is 0 Å². The molecule has 2 heterocycles. The summed E-state index contributed by atoms with van der Waals surface area (Å²) in [5, 5.41) is 9.94. The molecule has 4 rings (SSSR count). The van der Waals surface area contributed by atoms with Gasteiger partial charge >= 0.3 is 5.97 Å². The van der Waals surface area contributed by atoms with Crippen molar-refractivity contribution in [1.29, 1.82) is 0 Å². The largest absolute Gasteiger partial charge is 0.478 e. The van der Waals surface area contributed by atoms with E-state index < -0.39 is 5.97 Å². The number of nitrogens with zero attached hydrogens (tertiary/aromatic N) is 2. The Kier molecular flexibility index (Phi) is 4.56. The van der Waals surface area contributed by atoms with Crippen LogP contribution in [0, 0.1) is 0 Å². The molecule has 1 aromatic heterocycles. The Balaban J connectivity index is 1.75. The number of aromatic nitrogens is 1. The lowest BCUT2D eigenvalue weighted by Gasteiger charge is -2.27. The second-order valence-corrected chi connectivity index (χ2v) is 6.38. The lowest BCUT2D eigenvalue weighted by Crippen LogP contribution is -2.40. The van der Waals surface area contributed by atoms with Crippen LogP contribution < -0.4 is 0 Å². The number of amides is 1. The van der Waals surface area contributed by atoms with Gasteiger partial charge in [0.1, 0.15) is 0 Å². The third-order valence-corrected chi connectivity index (χ3v) is 4.73. The average Bonchev–Trinajstić information content (AvgIpc) is 2.73. The minimum absolute atomic E-state index is 0.0174. The Hall–Kier alpha value is -3.25. The van der Waals surface area contributed by atoms with Gasteiger partial charge in [0, 0.05) is 30.2 Å². The summed E-state index contributed by atoms with van der Waals surface area (Å²) in [6.45, 7) is 2.30. The Morgan fingerprint density at radius 2 is 1.67 bits per heavy atom. The Morgan fingerprint density at radius 1 is 0.963 bits per heavy atom. The molecule has 27 heavy (non-hydrogen) atoms. The summed E-state index contributed by atoms with van der Waals surface area (Å²) < 4.78 is 5.31. The number of carboxylic acids is 1. The number of carbonyl (C=O) groups excluding carboxylic acids is 1. The molecular weight excluding hydrogens is 344 g/mol. The van der Waals surface area contributed by atoms with Crippen molar-refractivity contribution in [2.45, 2.75) is 0 Å². The average molecular weight is 362 g/mol. The predicted octanol–water partition coefficient (Wildman–Crippen LogP) is 3.07. The normalized spacial score (nSPS) is 14.3. The van der Waals surface area contributed by atoms with E-state index >= 15 is 0 Å². The third kappa shape index (κ3) is 3.39. The standard InChI is InChI=1S/C21H18N2O4/c24-20(23-9-11-27-12-10-23)16-5-6-19-18(13-16)17(7-8-22-19)14-1-3-15(4-2-14)21(25)26/h1-8,13H,9-12H2,(H,25,26). The molecule has 2 aromatic carbocycles. The second-order valence-electron chi connectivity index (χ2n) is 6.38. The van der Waals surface area contributed by atoms with Crippen molar-refractivity contribution in [3.8, 4) is 11.1 Å². The molecule has 0 aliphatic carbocycles. The summed E-state index contributed by atoms with van der Waals surface area (Å²) in [7, 11) is 0. The number of ether oxygens (including phenoxy) is 1. The zero-order valence-electron chi connectivity index (χ0n) is 14.6. The summed E-state index contributed by atoms with van der Waals surface area (Å²) in [5.41, 5.74) is 3.42. The summed E-state index contributed by atoms with van der Waals surface area (Å²) in [4.78, 5) is 30.0. The first-order valence-corrected chi connectivity index (χ1v) is 8.73. The molecule has 0 saturated carbocycles. The number of rotatable bonds is 3. The first kappa shape index (κ1) is 17.2. The lowest BCUT2D eigenvalue weighted by molar-refractivity contribution is 0.0303. The van der Waals surface area contributed by atoms with E-state index in [0.717, 1.165) is 22.0 Å². The highest BCUT2D eigenvalue weighted by Gasteiger charge is 2.19. The quantitative estimate of drug-likeness (QED) is 0.775. The molecule has 6 nitrogen and oxygen atoms in total. The van der Waals surface area contributed by atoms with E-state index in [1.807, 2.05) is 18.2 Å². The van der Waals surface area contributed by atoms with Gasteiger partial charge in [-0.1, -0.05) is 12.1 Å². The van der Waals surface area contributed by atoms with Gasteiger partial charge in [-0.25, -0.2) is 4.79 Å². The van der Waals surface area contributed by atoms with Gasteiger partial charge in [0.25, 0.3) is 5.91 Å². The number of hydrogen-bond acceptors (Lipinski definition) is 4. The summed E-state index contributed by atoms with van der Waals surface area (Å²) in [6, 6.07) is 14.1. The van der Waals surface area contributed by atoms with Crippen molar-refractivity contribution < 1.29 is 19.4 Å². The number of morpholine rings is 1. The van der Waals surface area contributed by atoms with Crippen molar-refractivity contribution in [2.24, 2.45) is 0 Å². The van der Waals surface area contributed by atoms with Crippen LogP contribution in [-0.4, -0.2) is 53.2 Å². The lowest BCUT2D eigenvalue weighted by atomic mass is 9.98. The predicted molar refractivity (Wildman–Crippen MR) is 101 cm³/mol. The van der Waals surface area contributed by atoms with Crippen LogP contribution in [0.3, 0.4) is 0 Å². The Labute approximate surface area is 156 Å². The highest BCUT2D eigenvalue weighted by atomic mass is 16.5. The summed E-state index contributed by atoms with van der Waals surface area (Å²) in [5.74, 6) is -0.976. The van der Waals surface area contributed by atoms with Gasteiger partial charge in [0.2, 0.25) is 0 Å². The van der Waals surface area contributed by atoms with Gasteiger partial charge in [-0.2, -0.15) is 0 Å². The molecule has 0 atom stereocenters. The van der Waals surface area contributed by atoms with Crippen LogP contribution in [0.2, 0.25) is 0 Å². The molecule has 136 valence electrons. The van der Waals surface area contributed by atoms with E-state index in [2.05, 4.69) is 4.98 Å². The maximum atomic E-state index is 12.8. The maximum absolute atomic E-state index is 12.8. The number of carboxylic acid groups (broad SMARTS) is 1. The number of hydrogen-bond donors (Lipinski definition) is 1. The first-order valence-electron chi connectivity index (χ1n) is 8.73. The van der Waals surface area contributed by atoms with Crippen LogP contribution in [0.4, 0.5) is 0 Å². The fourth-order valence-corrected chi connectivity index (χ4v) is 3.27. The molecule has 1 amide bonds. The van der Waals surface area contributed by atoms with Crippen LogP contribution in [-0.2, 0) is 4.74 Å². The minimum atomic E-state index is -0.959. The SMILES string of the molecule is O=C(O)c1ccc(-c2ccnc3ccc(C(=O)N4CCOCC4)cc23)cc1. The molecule has 6 heteroatoms. The molecular formula is C21H18N2O4. The smallest absolute Gasteiger partial charge is 0.335 e. The van der Waals surface area contributed by atoms with Crippen LogP contribution >= 0.6 is 0 Å². The molecule has 1 saturated heterocycles. The zero-order chi connectivity index (χ0) is 18.8. The van der Waals surface area contributed by atoms with E-state index in [1.165, 1.54) is 0 Å². The van der Waals surface area contributed by atoms with E-state index in [-0.39, 0.29) is 11.5 Å². The van der Waals surface area contributed by atoms with Gasteiger partial charge < -0.3 is 14.7 Å². The molecule has 1 N–H and O–H groups in total. The van der Waals surface area contributed by atoms with E-state index in [0.29, 0.717) is 31.9 Å². The molecule has 1 aliphatic rings. The van der Waals surface area contributed by atoms with Crippen molar-refractivity contribution >= 4 is 22.8 Å². The second kappa shape index (κ2) is 7.17. The van der Waals surface area contributed by atoms with Gasteiger partial charge in [-0.05, 0) is 47.5 Å². The van der Waals surface area contributed by atoms with E-state index in [4.69, 9.17) is 9.84 Å². The van der Waals surface area contributed by atoms with Gasteiger partial charge in [0.05, 0.1) is 24.3 Å². The van der Waals surface area contributed by atoms with Crippen LogP contribution in [0.25, 0.3) is 22.0 Å². The molecule has 0 unspecified atom stereocenters. The fourth-order valence-electron chi connectivity index (χ4n) is 3.27. The van der Waals surface area contributed by atoms with Crippen LogP contribution in [0.5, 0.6) is 0 Å². The number of carbonyl (C=O) groups is 2. The van der Waals surface area contributed by atoms with Crippen molar-refractivity contribution in [3.05, 3.63) is 65.9 Å². The topological polar surface area (TPSA) is 79.7 Å². The number of aromatic carboxylic acids is 1. The van der Waals surface area contributed by atoms with Crippen molar-refractivity contribution in [1.82, 2.24) is 9.88 Å². The number of fused-ring (bicyclic) bond motifs is 1. The van der Waals surface area contributed by atoms with Gasteiger partial charge in [-0.15, -0.1) is 0 Å². The number of pyridine rings is 1. The molecule has 1 fully saturated rings. The molecule has 0 bridgehead atoms. The Bertz CT molecular complexity index is 1010. The highest BCUT2D eigenvalue weighted by molar-refractivity contribution is 6.02. The van der Waals surface area contributed by atoms with Gasteiger partial charge in [0.15, 0.2) is 0 Å². The van der Waals surface area contributed by atoms with Gasteiger partial charge in [-0.3, -0.25) is 9.78 Å². The minimum Gasteiger partial charge on any atom is -0.478 e. The monoisotopic (exact) mass is 362 g/mol. The molecule has 0 spiro atoms. The molecule has 3 aromatic rings. The Morgan fingerprint density at radius 3 is 2.37 bits per heavy atom. The fraction of sp³-hybridized carbons (Fsp3) is 0.190. The molecule has 0 radical (unpaired) electrons. The number of benzene rings is 2. The maximum Gasteiger partial charge on any atom is 0.335 e. The van der Waals surface area contributed by atoms with Crippen LogP contribution in [0.1, 0.15) is 20.7 Å². The molecule has 1 aliphatic heterocycles. The summed E-state index contributed by atoms with van der Waals surface area (Å²) in [6.07, 6.45) is 1.71. The summed E-state index contributed by atoms with van der Waals surface area (Å²) >= 11 is 0. The zero-order valence-corrected chi connectivity index (χ0v) is 14.6. The third-order valence-electron chi connectivity index (χ3n) is 4.73. The van der Waals surface area contributed by atoms with E-state index in [1.54, 1.807) is 41.4 Å². The van der Waals surface area contributed by atoms with Crippen molar-refractivity contribution in [2.75, 3.05) is 26.3 Å². The highest BCUT2D eigenvalue weighted by Crippen LogP contribution is 2.29. The van der Waals surface area contributed by atoms with Crippen LogP contribution in [0.15, 0.2) is 54.7 Å². The first-order chi connectivity index (χ1) is 13.1.